The average Bonchev–Trinajstić information content (AvgIpc) is 3.36. The molecule has 3 aliphatic heterocycles. The molecule has 3 aliphatic rings. The molecule has 0 aliphatic carbocycles. The fourth-order valence-electron chi connectivity index (χ4n) is 5.42. The molecule has 3 fully saturated rings. The van der Waals surface area contributed by atoms with Crippen molar-refractivity contribution in [3.63, 3.8) is 0 Å². The van der Waals surface area contributed by atoms with Gasteiger partial charge in [0.1, 0.15) is 0 Å². The first-order valence-electron chi connectivity index (χ1n) is 10.4. The first-order chi connectivity index (χ1) is 14.4. The summed E-state index contributed by atoms with van der Waals surface area (Å²) in [4.78, 5) is 43.9. The average molecular weight is 423 g/mol. The van der Waals surface area contributed by atoms with E-state index in [1.54, 1.807) is 24.3 Å². The number of ketones is 1. The van der Waals surface area contributed by atoms with Gasteiger partial charge in [0, 0.05) is 16.6 Å². The molecule has 0 spiro atoms. The van der Waals surface area contributed by atoms with Gasteiger partial charge in [0.15, 0.2) is 5.78 Å². The van der Waals surface area contributed by atoms with Crippen LogP contribution in [-0.2, 0) is 9.59 Å². The first-order valence-corrected chi connectivity index (χ1v) is 10.8. The molecule has 0 radical (unpaired) electrons. The minimum absolute atomic E-state index is 0.0516. The number of Topliss-reactive ketones (excluding diaryl/α,β-unsaturated/α-hetero) is 1. The van der Waals surface area contributed by atoms with Crippen LogP contribution in [0.15, 0.2) is 42.5 Å². The Hall–Kier alpha value is -2.50. The lowest BCUT2D eigenvalue weighted by atomic mass is 9.85. The topological polar surface area (TPSA) is 57.7 Å². The minimum atomic E-state index is -0.632. The number of halogens is 1. The van der Waals surface area contributed by atoms with E-state index in [0.29, 0.717) is 16.3 Å². The second kappa shape index (κ2) is 7.03. The van der Waals surface area contributed by atoms with Crippen LogP contribution in [-0.4, -0.2) is 41.1 Å². The molecule has 4 atom stereocenters. The Labute approximate surface area is 180 Å². The van der Waals surface area contributed by atoms with Crippen LogP contribution in [0, 0.1) is 25.7 Å². The van der Waals surface area contributed by atoms with Crippen LogP contribution in [0.25, 0.3) is 0 Å². The molecular formula is C24H23ClN2O3. The SMILES string of the molecule is Cc1ccc(N2C(=O)[C@H]3[C@H](C2=O)[C@H](C(=O)c2ccc(Cl)cc2)N2CCC[C@H]32)cc1C. The Morgan fingerprint density at radius 1 is 0.967 bits per heavy atom. The Morgan fingerprint density at radius 2 is 1.67 bits per heavy atom. The van der Waals surface area contributed by atoms with E-state index in [0.717, 1.165) is 30.5 Å². The van der Waals surface area contributed by atoms with Crippen molar-refractivity contribution in [1.82, 2.24) is 4.90 Å². The van der Waals surface area contributed by atoms with E-state index in [1.807, 2.05) is 32.0 Å². The van der Waals surface area contributed by atoms with Crippen LogP contribution >= 0.6 is 11.6 Å². The fourth-order valence-corrected chi connectivity index (χ4v) is 5.55. The molecule has 154 valence electrons. The summed E-state index contributed by atoms with van der Waals surface area (Å²) in [5, 5.41) is 0.558. The molecule has 5 nitrogen and oxygen atoms in total. The monoisotopic (exact) mass is 422 g/mol. The number of nitrogens with zero attached hydrogens (tertiary/aromatic N) is 2. The number of hydrogen-bond donors (Lipinski definition) is 0. The second-order valence-electron chi connectivity index (χ2n) is 8.60. The largest absolute Gasteiger partial charge is 0.292 e. The van der Waals surface area contributed by atoms with Crippen molar-refractivity contribution in [1.29, 1.82) is 0 Å². The second-order valence-corrected chi connectivity index (χ2v) is 9.03. The van der Waals surface area contributed by atoms with Gasteiger partial charge < -0.3 is 0 Å². The number of carbonyl (C=O) groups excluding carboxylic acids is 3. The summed E-state index contributed by atoms with van der Waals surface area (Å²) in [6, 6.07) is 11.8. The van der Waals surface area contributed by atoms with E-state index in [4.69, 9.17) is 11.6 Å². The number of imide groups is 1. The van der Waals surface area contributed by atoms with Crippen LogP contribution in [0.4, 0.5) is 5.69 Å². The first kappa shape index (κ1) is 19.5. The van der Waals surface area contributed by atoms with Crippen molar-refractivity contribution >= 4 is 34.9 Å². The number of amides is 2. The standard InChI is InChI=1S/C24H23ClN2O3/c1-13-5-10-17(12-14(13)2)27-23(29)19-18-4-3-11-26(18)21(20(19)24(27)30)22(28)15-6-8-16(25)9-7-15/h5-10,12,18-21H,3-4,11H2,1-2H3/t18-,19-,20+,21-/m1/s1. The summed E-state index contributed by atoms with van der Waals surface area (Å²) in [5.74, 6) is -1.61. The summed E-state index contributed by atoms with van der Waals surface area (Å²) < 4.78 is 0. The maximum atomic E-state index is 13.5. The summed E-state index contributed by atoms with van der Waals surface area (Å²) in [6.45, 7) is 4.71. The molecule has 0 aromatic heterocycles. The van der Waals surface area contributed by atoms with Gasteiger partial charge in [0.05, 0.1) is 23.6 Å². The van der Waals surface area contributed by atoms with E-state index in [9.17, 15) is 14.4 Å². The molecule has 0 N–H and O–H groups in total. The lowest BCUT2D eigenvalue weighted by molar-refractivity contribution is -0.123. The normalized spacial score (nSPS) is 28.2. The van der Waals surface area contributed by atoms with Gasteiger partial charge >= 0.3 is 0 Å². The van der Waals surface area contributed by atoms with Gasteiger partial charge in [-0.25, -0.2) is 4.90 Å². The van der Waals surface area contributed by atoms with Crippen molar-refractivity contribution in [2.45, 2.75) is 38.8 Å². The highest BCUT2D eigenvalue weighted by Gasteiger charge is 2.64. The highest BCUT2D eigenvalue weighted by atomic mass is 35.5. The number of anilines is 1. The van der Waals surface area contributed by atoms with E-state index >= 15 is 0 Å². The van der Waals surface area contributed by atoms with Crippen LogP contribution in [0.2, 0.25) is 5.02 Å². The Morgan fingerprint density at radius 3 is 2.37 bits per heavy atom. The minimum Gasteiger partial charge on any atom is -0.292 e. The van der Waals surface area contributed by atoms with Gasteiger partial charge in [0.25, 0.3) is 0 Å². The lowest BCUT2D eigenvalue weighted by Crippen LogP contribution is -2.46. The summed E-state index contributed by atoms with van der Waals surface area (Å²) in [6.07, 6.45) is 1.77. The van der Waals surface area contributed by atoms with Gasteiger partial charge in [-0.15, -0.1) is 0 Å². The summed E-state index contributed by atoms with van der Waals surface area (Å²) >= 11 is 5.98. The molecule has 0 unspecified atom stereocenters. The van der Waals surface area contributed by atoms with Crippen molar-refractivity contribution in [2.24, 2.45) is 11.8 Å². The molecule has 2 aromatic rings. The zero-order valence-electron chi connectivity index (χ0n) is 17.0. The molecule has 3 heterocycles. The maximum absolute atomic E-state index is 13.5. The zero-order valence-corrected chi connectivity index (χ0v) is 17.7. The molecule has 5 rings (SSSR count). The molecule has 2 amide bonds. The summed E-state index contributed by atoms with van der Waals surface area (Å²) in [5.41, 5.74) is 3.27. The lowest BCUT2D eigenvalue weighted by Gasteiger charge is -2.27. The number of rotatable bonds is 3. The Balaban J connectivity index is 1.55. The van der Waals surface area contributed by atoms with Crippen LogP contribution in [0.3, 0.4) is 0 Å². The predicted molar refractivity (Wildman–Crippen MR) is 115 cm³/mol. The Kier molecular flexibility index (Phi) is 4.56. The predicted octanol–water partition coefficient (Wildman–Crippen LogP) is 3.79. The third-order valence-corrected chi connectivity index (χ3v) is 7.25. The number of aryl methyl sites for hydroxylation is 2. The van der Waals surface area contributed by atoms with Gasteiger partial charge in [0.2, 0.25) is 11.8 Å². The van der Waals surface area contributed by atoms with Gasteiger partial charge in [-0.3, -0.25) is 19.3 Å². The maximum Gasteiger partial charge on any atom is 0.239 e. The smallest absolute Gasteiger partial charge is 0.239 e. The van der Waals surface area contributed by atoms with Crippen molar-refractivity contribution in [3.8, 4) is 0 Å². The highest BCUT2D eigenvalue weighted by molar-refractivity contribution is 6.30. The number of hydrogen-bond acceptors (Lipinski definition) is 4. The molecule has 30 heavy (non-hydrogen) atoms. The van der Waals surface area contributed by atoms with E-state index in [1.165, 1.54) is 4.90 Å². The zero-order chi connectivity index (χ0) is 21.2. The number of benzene rings is 2. The third kappa shape index (κ3) is 2.76. The quantitative estimate of drug-likeness (QED) is 0.557. The molecule has 2 aromatic carbocycles. The van der Waals surface area contributed by atoms with E-state index < -0.39 is 17.9 Å². The molecule has 0 saturated carbocycles. The van der Waals surface area contributed by atoms with Crippen molar-refractivity contribution < 1.29 is 14.4 Å². The third-order valence-electron chi connectivity index (χ3n) is 7.00. The molecular weight excluding hydrogens is 400 g/mol. The highest BCUT2D eigenvalue weighted by Crippen LogP contribution is 2.48. The van der Waals surface area contributed by atoms with E-state index in [-0.39, 0.29) is 23.6 Å². The van der Waals surface area contributed by atoms with Gasteiger partial charge in [-0.1, -0.05) is 17.7 Å². The van der Waals surface area contributed by atoms with Crippen molar-refractivity contribution in [2.75, 3.05) is 11.4 Å². The fraction of sp³-hybridized carbons (Fsp3) is 0.375. The molecule has 6 heteroatoms. The van der Waals surface area contributed by atoms with E-state index in [2.05, 4.69) is 4.90 Å². The Bertz CT molecular complexity index is 1060. The molecule has 0 bridgehead atoms. The van der Waals surface area contributed by atoms with Gasteiger partial charge in [-0.05, 0) is 80.8 Å². The van der Waals surface area contributed by atoms with Crippen LogP contribution < -0.4 is 4.90 Å². The number of fused-ring (bicyclic) bond motifs is 3. The summed E-state index contributed by atoms with van der Waals surface area (Å²) in [7, 11) is 0. The van der Waals surface area contributed by atoms with Crippen LogP contribution in [0.5, 0.6) is 0 Å². The van der Waals surface area contributed by atoms with Gasteiger partial charge in [-0.2, -0.15) is 0 Å². The van der Waals surface area contributed by atoms with Crippen LogP contribution in [0.1, 0.15) is 34.3 Å². The van der Waals surface area contributed by atoms with Crippen molar-refractivity contribution in [3.05, 3.63) is 64.2 Å². The number of carbonyl (C=O) groups is 3. The molecule has 3 saturated heterocycles.